The van der Waals surface area contributed by atoms with Crippen molar-refractivity contribution in [1.82, 2.24) is 20.2 Å². The lowest BCUT2D eigenvalue weighted by atomic mass is 10.1. The van der Waals surface area contributed by atoms with Crippen LogP contribution in [0.5, 0.6) is 5.75 Å². The largest absolute Gasteiger partial charge is 0.496 e. The van der Waals surface area contributed by atoms with Gasteiger partial charge in [-0.05, 0) is 19.1 Å². The van der Waals surface area contributed by atoms with Gasteiger partial charge in [0.15, 0.2) is 5.82 Å². The highest BCUT2D eigenvalue weighted by atomic mass is 19.1. The van der Waals surface area contributed by atoms with Crippen LogP contribution < -0.4 is 4.74 Å². The number of halogens is 1. The Balaban J connectivity index is 0.000000774. The third-order valence-corrected chi connectivity index (χ3v) is 2.89. The zero-order valence-electron chi connectivity index (χ0n) is 12.4. The molecule has 0 unspecified atom stereocenters. The number of aryl methyl sites for hydroxylation is 1. The van der Waals surface area contributed by atoms with Crippen molar-refractivity contribution in [1.29, 1.82) is 0 Å². The van der Waals surface area contributed by atoms with Crippen molar-refractivity contribution >= 4 is 11.0 Å². The third-order valence-electron chi connectivity index (χ3n) is 2.89. The van der Waals surface area contributed by atoms with Gasteiger partial charge in [-0.1, -0.05) is 19.9 Å². The van der Waals surface area contributed by atoms with E-state index in [1.807, 2.05) is 20.8 Å². The second kappa shape index (κ2) is 6.30. The first-order chi connectivity index (χ1) is 10.2. The van der Waals surface area contributed by atoms with Crippen LogP contribution in [0.4, 0.5) is 4.39 Å². The molecule has 0 aliphatic carbocycles. The minimum absolute atomic E-state index is 0.257. The monoisotopic (exact) mass is 288 g/mol. The van der Waals surface area contributed by atoms with E-state index in [4.69, 9.17) is 4.74 Å². The predicted octanol–water partition coefficient (Wildman–Crippen LogP) is 3.50. The number of hydrogen-bond donors (Lipinski definition) is 1. The zero-order valence-corrected chi connectivity index (χ0v) is 12.4. The molecule has 1 N–H and O–H groups in total. The molecule has 6 heteroatoms. The van der Waals surface area contributed by atoms with E-state index in [1.54, 1.807) is 18.3 Å². The molecule has 0 saturated carbocycles. The summed E-state index contributed by atoms with van der Waals surface area (Å²) in [6, 6.07) is 4.61. The first-order valence-corrected chi connectivity index (χ1v) is 6.71. The van der Waals surface area contributed by atoms with Gasteiger partial charge in [-0.2, -0.15) is 5.10 Å². The van der Waals surface area contributed by atoms with Crippen LogP contribution in [0.15, 0.2) is 24.4 Å². The van der Waals surface area contributed by atoms with E-state index in [0.29, 0.717) is 16.8 Å². The average molecular weight is 288 g/mol. The lowest BCUT2D eigenvalue weighted by molar-refractivity contribution is 0.413. The number of rotatable bonds is 2. The molecule has 0 bridgehead atoms. The molecule has 2 aromatic heterocycles. The molecule has 21 heavy (non-hydrogen) atoms. The smallest absolute Gasteiger partial charge is 0.166 e. The number of nitrogens with zero attached hydrogens (tertiary/aromatic N) is 3. The van der Waals surface area contributed by atoms with Gasteiger partial charge in [0, 0.05) is 0 Å². The summed E-state index contributed by atoms with van der Waals surface area (Å²) in [7, 11) is 1.49. The fourth-order valence-corrected chi connectivity index (χ4v) is 1.94. The van der Waals surface area contributed by atoms with Crippen LogP contribution in [0.25, 0.3) is 22.4 Å². The Labute approximate surface area is 122 Å². The van der Waals surface area contributed by atoms with E-state index < -0.39 is 5.82 Å². The minimum atomic E-state index is -0.417. The Morgan fingerprint density at radius 2 is 2.00 bits per heavy atom. The standard InChI is InChI=1S/C13H11FN4O.C2H6/c1-7-12-9(18-17-7)6-15-13(16-12)11-8(14)4-3-5-10(11)19-2;1-2/h3-6H,1-2H3,(H,17,18);1-2H3. The molecule has 5 nitrogen and oxygen atoms in total. The number of methoxy groups -OCH3 is 1. The highest BCUT2D eigenvalue weighted by molar-refractivity contribution is 5.78. The van der Waals surface area contributed by atoms with E-state index >= 15 is 0 Å². The Hall–Kier alpha value is -2.50. The van der Waals surface area contributed by atoms with E-state index in [0.717, 1.165) is 5.69 Å². The van der Waals surface area contributed by atoms with Gasteiger partial charge in [0.2, 0.25) is 0 Å². The summed E-state index contributed by atoms with van der Waals surface area (Å²) < 4.78 is 19.1. The SMILES string of the molecule is CC.COc1cccc(F)c1-c1ncc2n[nH]c(C)c2n1. The van der Waals surface area contributed by atoms with Crippen LogP contribution in [0.2, 0.25) is 0 Å². The maximum atomic E-state index is 14.0. The molecule has 0 atom stereocenters. The highest BCUT2D eigenvalue weighted by Gasteiger charge is 2.15. The van der Waals surface area contributed by atoms with Gasteiger partial charge in [-0.25, -0.2) is 14.4 Å². The summed E-state index contributed by atoms with van der Waals surface area (Å²) >= 11 is 0. The van der Waals surface area contributed by atoms with Crippen molar-refractivity contribution in [2.75, 3.05) is 7.11 Å². The highest BCUT2D eigenvalue weighted by Crippen LogP contribution is 2.30. The van der Waals surface area contributed by atoms with Crippen LogP contribution >= 0.6 is 0 Å². The van der Waals surface area contributed by atoms with E-state index in [-0.39, 0.29) is 11.4 Å². The summed E-state index contributed by atoms with van der Waals surface area (Å²) in [6.07, 6.45) is 1.56. The predicted molar refractivity (Wildman–Crippen MR) is 79.7 cm³/mol. The summed E-state index contributed by atoms with van der Waals surface area (Å²) in [5, 5.41) is 6.86. The maximum Gasteiger partial charge on any atom is 0.166 e. The van der Waals surface area contributed by atoms with Gasteiger partial charge in [0.25, 0.3) is 0 Å². The van der Waals surface area contributed by atoms with Crippen LogP contribution in [0, 0.1) is 12.7 Å². The molecular formula is C15H17FN4O. The van der Waals surface area contributed by atoms with Gasteiger partial charge in [0.1, 0.15) is 22.6 Å². The number of fused-ring (bicyclic) bond motifs is 1. The number of aromatic nitrogens is 4. The lowest BCUT2D eigenvalue weighted by Gasteiger charge is -2.07. The molecule has 1 aromatic carbocycles. The number of benzene rings is 1. The molecule has 0 aliphatic heterocycles. The van der Waals surface area contributed by atoms with Gasteiger partial charge in [-0.15, -0.1) is 0 Å². The van der Waals surface area contributed by atoms with Gasteiger partial charge >= 0.3 is 0 Å². The quantitative estimate of drug-likeness (QED) is 0.784. The van der Waals surface area contributed by atoms with E-state index in [1.165, 1.54) is 13.2 Å². The second-order valence-corrected chi connectivity index (χ2v) is 4.09. The second-order valence-electron chi connectivity index (χ2n) is 4.09. The molecule has 3 rings (SSSR count). The average Bonchev–Trinajstić information content (AvgIpc) is 2.90. The molecule has 110 valence electrons. The third kappa shape index (κ3) is 2.69. The van der Waals surface area contributed by atoms with Crippen molar-refractivity contribution in [3.8, 4) is 17.1 Å². The van der Waals surface area contributed by atoms with Crippen LogP contribution in [-0.4, -0.2) is 27.3 Å². The molecule has 0 aliphatic rings. The number of nitrogens with one attached hydrogen (secondary N) is 1. The van der Waals surface area contributed by atoms with Crippen molar-refractivity contribution in [3.63, 3.8) is 0 Å². The summed E-state index contributed by atoms with van der Waals surface area (Å²) in [4.78, 5) is 8.50. The minimum Gasteiger partial charge on any atom is -0.496 e. The van der Waals surface area contributed by atoms with E-state index in [2.05, 4.69) is 20.2 Å². The van der Waals surface area contributed by atoms with Gasteiger partial charge in [-0.3, -0.25) is 5.10 Å². The molecule has 2 heterocycles. The van der Waals surface area contributed by atoms with Crippen molar-refractivity contribution in [2.45, 2.75) is 20.8 Å². The summed E-state index contributed by atoms with van der Waals surface area (Å²) in [5.41, 5.74) is 2.40. The summed E-state index contributed by atoms with van der Waals surface area (Å²) in [6.45, 7) is 5.85. The normalized spacial score (nSPS) is 10.1. The number of aromatic amines is 1. The lowest BCUT2D eigenvalue weighted by Crippen LogP contribution is -1.96. The van der Waals surface area contributed by atoms with E-state index in [9.17, 15) is 4.39 Å². The Bertz CT molecular complexity index is 755. The topological polar surface area (TPSA) is 63.7 Å². The number of ether oxygens (including phenoxy) is 1. The zero-order chi connectivity index (χ0) is 15.4. The van der Waals surface area contributed by atoms with Crippen molar-refractivity contribution in [3.05, 3.63) is 35.9 Å². The van der Waals surface area contributed by atoms with Gasteiger partial charge in [0.05, 0.1) is 24.6 Å². The van der Waals surface area contributed by atoms with Crippen molar-refractivity contribution < 1.29 is 9.13 Å². The molecule has 0 saturated heterocycles. The molecule has 0 radical (unpaired) electrons. The molecule has 0 fully saturated rings. The fourth-order valence-electron chi connectivity index (χ4n) is 1.94. The number of H-pyrrole nitrogens is 1. The molecule has 3 aromatic rings. The van der Waals surface area contributed by atoms with Crippen LogP contribution in [-0.2, 0) is 0 Å². The Kier molecular flexibility index (Phi) is 4.47. The first-order valence-electron chi connectivity index (χ1n) is 6.71. The van der Waals surface area contributed by atoms with Gasteiger partial charge < -0.3 is 4.74 Å². The molecular weight excluding hydrogens is 271 g/mol. The van der Waals surface area contributed by atoms with Crippen LogP contribution in [0.3, 0.4) is 0 Å². The Morgan fingerprint density at radius 1 is 1.24 bits per heavy atom. The molecule has 0 spiro atoms. The first kappa shape index (κ1) is 14.9. The summed E-state index contributed by atoms with van der Waals surface area (Å²) in [5.74, 6) is 0.271. The molecule has 0 amide bonds. The Morgan fingerprint density at radius 3 is 2.71 bits per heavy atom. The van der Waals surface area contributed by atoms with Crippen LogP contribution in [0.1, 0.15) is 19.5 Å². The van der Waals surface area contributed by atoms with Crippen molar-refractivity contribution in [2.24, 2.45) is 0 Å². The fraction of sp³-hybridized carbons (Fsp3) is 0.267. The maximum absolute atomic E-state index is 14.0. The number of hydrogen-bond acceptors (Lipinski definition) is 4.